The van der Waals surface area contributed by atoms with E-state index in [0.29, 0.717) is 25.0 Å². The van der Waals surface area contributed by atoms with Crippen molar-refractivity contribution in [1.29, 1.82) is 0 Å². The number of aliphatic hydroxyl groups is 1. The maximum atomic E-state index is 13.0. The number of hydrogen-bond acceptors (Lipinski definition) is 3. The molecule has 2 amide bonds. The zero-order valence-corrected chi connectivity index (χ0v) is 17.5. The highest BCUT2D eigenvalue weighted by Gasteiger charge is 2.50. The molecule has 2 saturated heterocycles. The van der Waals surface area contributed by atoms with Gasteiger partial charge in [-0.2, -0.15) is 0 Å². The average Bonchev–Trinajstić information content (AvgIpc) is 3.09. The Kier molecular flexibility index (Phi) is 4.90. The first kappa shape index (κ1) is 19.2. The molecule has 5 nitrogen and oxygen atoms in total. The summed E-state index contributed by atoms with van der Waals surface area (Å²) in [5.74, 6) is 2.94. The Hall–Kier alpha value is -0.810. The van der Waals surface area contributed by atoms with Crippen LogP contribution in [0.5, 0.6) is 0 Å². The van der Waals surface area contributed by atoms with E-state index >= 15 is 0 Å². The molecule has 2 N–H and O–H groups in total. The van der Waals surface area contributed by atoms with Crippen LogP contribution in [0.2, 0.25) is 0 Å². The average molecular weight is 391 g/mol. The Morgan fingerprint density at radius 2 is 1.86 bits per heavy atom. The van der Waals surface area contributed by atoms with Crippen LogP contribution in [-0.2, 0) is 4.74 Å². The molecule has 2 aliphatic heterocycles. The summed E-state index contributed by atoms with van der Waals surface area (Å²) < 4.78 is 5.66. The maximum absolute atomic E-state index is 13.0. The smallest absolute Gasteiger partial charge is 0.317 e. The molecular weight excluding hydrogens is 352 g/mol. The van der Waals surface area contributed by atoms with Crippen molar-refractivity contribution in [2.45, 2.75) is 82.8 Å². The standard InChI is InChI=1S/C23H38N2O3/c1-22(27)5-8-28-15-19(22)20-3-2-7-25(20)21(26)24-6-4-23-12-16-9-17(13-23)11-18(10-16)14-23/h16-20,27H,2-15H2,1H3,(H,24,26). The van der Waals surface area contributed by atoms with E-state index in [0.717, 1.165) is 50.1 Å². The second-order valence-electron chi connectivity index (χ2n) is 11.1. The molecule has 0 radical (unpaired) electrons. The van der Waals surface area contributed by atoms with Crippen LogP contribution in [0.25, 0.3) is 0 Å². The summed E-state index contributed by atoms with van der Waals surface area (Å²) in [5.41, 5.74) is -0.210. The fourth-order valence-electron chi connectivity index (χ4n) is 7.97. The van der Waals surface area contributed by atoms with Crippen molar-refractivity contribution in [3.8, 4) is 0 Å². The minimum Gasteiger partial charge on any atom is -0.390 e. The third-order valence-electron chi connectivity index (χ3n) is 8.97. The van der Waals surface area contributed by atoms with Crippen molar-refractivity contribution in [3.05, 3.63) is 0 Å². The number of ether oxygens (including phenoxy) is 1. The number of urea groups is 1. The molecule has 0 spiro atoms. The van der Waals surface area contributed by atoms with Crippen molar-refractivity contribution in [3.63, 3.8) is 0 Å². The van der Waals surface area contributed by atoms with Crippen LogP contribution >= 0.6 is 0 Å². The molecule has 6 rings (SSSR count). The molecule has 2 heterocycles. The lowest BCUT2D eigenvalue weighted by Crippen LogP contribution is -2.55. The zero-order chi connectivity index (χ0) is 19.4. The molecule has 3 unspecified atom stereocenters. The van der Waals surface area contributed by atoms with E-state index in [1.165, 1.54) is 38.5 Å². The van der Waals surface area contributed by atoms with E-state index in [1.54, 1.807) is 0 Å². The monoisotopic (exact) mass is 390 g/mol. The molecule has 4 aliphatic carbocycles. The van der Waals surface area contributed by atoms with Gasteiger partial charge in [-0.3, -0.25) is 0 Å². The summed E-state index contributed by atoms with van der Waals surface area (Å²) in [5, 5.41) is 14.1. The summed E-state index contributed by atoms with van der Waals surface area (Å²) in [6, 6.07) is 0.184. The molecule has 28 heavy (non-hydrogen) atoms. The van der Waals surface area contributed by atoms with Gasteiger partial charge in [0.15, 0.2) is 0 Å². The van der Waals surface area contributed by atoms with Gasteiger partial charge >= 0.3 is 6.03 Å². The molecule has 3 atom stereocenters. The van der Waals surface area contributed by atoms with Crippen LogP contribution in [0.3, 0.4) is 0 Å². The van der Waals surface area contributed by atoms with Crippen LogP contribution in [0.1, 0.15) is 71.1 Å². The van der Waals surface area contributed by atoms with Crippen molar-refractivity contribution >= 4 is 6.03 Å². The third-order valence-corrected chi connectivity index (χ3v) is 8.97. The molecular formula is C23H38N2O3. The van der Waals surface area contributed by atoms with Crippen LogP contribution in [0.15, 0.2) is 0 Å². The predicted octanol–water partition coefficient (Wildman–Crippen LogP) is 3.55. The lowest BCUT2D eigenvalue weighted by atomic mass is 9.49. The number of rotatable bonds is 4. The second-order valence-corrected chi connectivity index (χ2v) is 11.1. The first-order chi connectivity index (χ1) is 13.4. The third kappa shape index (κ3) is 3.47. The lowest BCUT2D eigenvalue weighted by molar-refractivity contribution is -0.119. The van der Waals surface area contributed by atoms with Gasteiger partial charge in [-0.25, -0.2) is 4.79 Å². The minimum atomic E-state index is -0.731. The van der Waals surface area contributed by atoms with Gasteiger partial charge in [0.1, 0.15) is 0 Å². The fourth-order valence-corrected chi connectivity index (χ4v) is 7.97. The summed E-state index contributed by atoms with van der Waals surface area (Å²) in [6.45, 7) is 4.72. The summed E-state index contributed by atoms with van der Waals surface area (Å²) >= 11 is 0. The Morgan fingerprint density at radius 3 is 2.50 bits per heavy atom. The summed E-state index contributed by atoms with van der Waals surface area (Å²) in [6.07, 6.45) is 12.5. The van der Waals surface area contributed by atoms with Crippen molar-refractivity contribution in [2.24, 2.45) is 29.1 Å². The number of nitrogens with one attached hydrogen (secondary N) is 1. The fraction of sp³-hybridized carbons (Fsp3) is 0.957. The number of carbonyl (C=O) groups is 1. The number of likely N-dealkylation sites (tertiary alicyclic amines) is 1. The minimum absolute atomic E-state index is 0.0256. The van der Waals surface area contributed by atoms with Gasteiger partial charge in [-0.1, -0.05) is 0 Å². The van der Waals surface area contributed by atoms with Gasteiger partial charge in [0.25, 0.3) is 0 Å². The molecule has 158 valence electrons. The van der Waals surface area contributed by atoms with Crippen molar-refractivity contribution in [2.75, 3.05) is 26.3 Å². The summed E-state index contributed by atoms with van der Waals surface area (Å²) in [4.78, 5) is 15.0. The number of hydrogen-bond donors (Lipinski definition) is 2. The highest BCUT2D eigenvalue weighted by atomic mass is 16.5. The quantitative estimate of drug-likeness (QED) is 0.772. The predicted molar refractivity (Wildman–Crippen MR) is 108 cm³/mol. The first-order valence-corrected chi connectivity index (χ1v) is 11.8. The SMILES string of the molecule is CC1(O)CCOCC1C1CCCN1C(=O)NCCC12CC3CC(CC(C3)C1)C2. The van der Waals surface area contributed by atoms with Gasteiger partial charge in [-0.05, 0) is 94.3 Å². The number of carbonyl (C=O) groups excluding carboxylic acids is 1. The Morgan fingerprint density at radius 1 is 1.18 bits per heavy atom. The van der Waals surface area contributed by atoms with Crippen LogP contribution in [0, 0.1) is 29.1 Å². The van der Waals surface area contributed by atoms with Crippen LogP contribution in [0.4, 0.5) is 4.79 Å². The van der Waals surface area contributed by atoms with Gasteiger partial charge < -0.3 is 20.1 Å². The Balaban J connectivity index is 1.17. The number of amides is 2. The van der Waals surface area contributed by atoms with Crippen LogP contribution in [-0.4, -0.2) is 54.0 Å². The second kappa shape index (κ2) is 7.16. The normalized spacial score (nSPS) is 47.5. The topological polar surface area (TPSA) is 61.8 Å². The zero-order valence-electron chi connectivity index (χ0n) is 17.5. The largest absolute Gasteiger partial charge is 0.390 e. The molecule has 0 aromatic heterocycles. The van der Waals surface area contributed by atoms with Crippen molar-refractivity contribution < 1.29 is 14.6 Å². The van der Waals surface area contributed by atoms with Crippen LogP contribution < -0.4 is 5.32 Å². The molecule has 4 bridgehead atoms. The molecule has 6 aliphatic rings. The van der Waals surface area contributed by atoms with E-state index in [2.05, 4.69) is 5.32 Å². The van der Waals surface area contributed by atoms with Gasteiger partial charge in [-0.15, -0.1) is 0 Å². The summed E-state index contributed by atoms with van der Waals surface area (Å²) in [7, 11) is 0. The Bertz CT molecular complexity index is 569. The molecule has 6 fully saturated rings. The molecule has 5 heteroatoms. The van der Waals surface area contributed by atoms with Gasteiger partial charge in [0.2, 0.25) is 0 Å². The highest BCUT2D eigenvalue weighted by molar-refractivity contribution is 5.74. The lowest BCUT2D eigenvalue weighted by Gasteiger charge is -2.57. The number of nitrogens with zero attached hydrogens (tertiary/aromatic N) is 1. The van der Waals surface area contributed by atoms with Crippen molar-refractivity contribution in [1.82, 2.24) is 10.2 Å². The highest BCUT2D eigenvalue weighted by Crippen LogP contribution is 2.61. The van der Waals surface area contributed by atoms with E-state index in [4.69, 9.17) is 4.74 Å². The first-order valence-electron chi connectivity index (χ1n) is 11.8. The van der Waals surface area contributed by atoms with Gasteiger partial charge in [0.05, 0.1) is 12.2 Å². The molecule has 0 aromatic rings. The molecule has 4 saturated carbocycles. The van der Waals surface area contributed by atoms with E-state index in [-0.39, 0.29) is 18.0 Å². The maximum Gasteiger partial charge on any atom is 0.317 e. The molecule has 0 aromatic carbocycles. The Labute approximate surface area is 169 Å². The van der Waals surface area contributed by atoms with E-state index < -0.39 is 5.60 Å². The van der Waals surface area contributed by atoms with E-state index in [9.17, 15) is 9.90 Å². The van der Waals surface area contributed by atoms with E-state index in [1.807, 2.05) is 11.8 Å². The van der Waals surface area contributed by atoms with Gasteiger partial charge in [0, 0.05) is 31.7 Å².